The molecule has 28 heavy (non-hydrogen) atoms. The molecule has 0 N–H and O–H groups in total. The van der Waals surface area contributed by atoms with Crippen molar-refractivity contribution in [2.45, 2.75) is 19.4 Å². The molecule has 1 aliphatic heterocycles. The number of carbonyl (C=O) groups excluding carboxylic acids is 1. The first-order valence-corrected chi connectivity index (χ1v) is 9.89. The highest BCUT2D eigenvalue weighted by molar-refractivity contribution is 5.91. The second kappa shape index (κ2) is 10.7. The summed E-state index contributed by atoms with van der Waals surface area (Å²) in [6, 6.07) is 10.1. The van der Waals surface area contributed by atoms with Crippen molar-refractivity contribution < 1.29 is 9.53 Å². The Hall–Kier alpha value is -2.51. The van der Waals surface area contributed by atoms with Gasteiger partial charge in [-0.25, -0.2) is 4.68 Å². The maximum Gasteiger partial charge on any atom is 0.275 e. The monoisotopic (exact) mass is 383 g/mol. The zero-order valence-electron chi connectivity index (χ0n) is 16.5. The van der Waals surface area contributed by atoms with Gasteiger partial charge in [0, 0.05) is 26.7 Å². The van der Waals surface area contributed by atoms with Gasteiger partial charge in [-0.05, 0) is 24.9 Å². The third-order valence-electron chi connectivity index (χ3n) is 4.83. The molecule has 0 unspecified atom stereocenters. The number of allylic oxidation sites excluding steroid dienone is 1. The molecule has 2 aromatic rings. The summed E-state index contributed by atoms with van der Waals surface area (Å²) in [4.78, 5) is 16.7. The molecule has 1 amide bonds. The minimum absolute atomic E-state index is 0.0790. The highest BCUT2D eigenvalue weighted by Gasteiger charge is 2.15. The Morgan fingerprint density at radius 3 is 2.79 bits per heavy atom. The van der Waals surface area contributed by atoms with E-state index in [0.29, 0.717) is 12.2 Å². The van der Waals surface area contributed by atoms with Gasteiger partial charge in [0.05, 0.1) is 26.0 Å². The van der Waals surface area contributed by atoms with E-state index < -0.39 is 0 Å². The van der Waals surface area contributed by atoms with E-state index in [-0.39, 0.29) is 5.91 Å². The highest BCUT2D eigenvalue weighted by atomic mass is 16.5. The van der Waals surface area contributed by atoms with Gasteiger partial charge in [0.1, 0.15) is 0 Å². The van der Waals surface area contributed by atoms with Crippen LogP contribution in [-0.2, 0) is 11.3 Å². The van der Waals surface area contributed by atoms with Gasteiger partial charge >= 0.3 is 0 Å². The summed E-state index contributed by atoms with van der Waals surface area (Å²) in [5.41, 5.74) is 1.53. The number of benzene rings is 1. The number of rotatable bonds is 9. The maximum absolute atomic E-state index is 12.5. The topological polar surface area (TPSA) is 63.5 Å². The number of unbranched alkanes of at least 4 members (excludes halogenated alkanes) is 1. The van der Waals surface area contributed by atoms with Gasteiger partial charge < -0.3 is 9.64 Å². The van der Waals surface area contributed by atoms with Crippen LogP contribution >= 0.6 is 0 Å². The van der Waals surface area contributed by atoms with Crippen molar-refractivity contribution in [1.29, 1.82) is 0 Å². The molecular formula is C21H29N5O2. The molecule has 1 aromatic carbocycles. The number of aromatic nitrogens is 3. The average Bonchev–Trinajstić information content (AvgIpc) is 3.21. The van der Waals surface area contributed by atoms with E-state index in [1.807, 2.05) is 49.5 Å². The summed E-state index contributed by atoms with van der Waals surface area (Å²) in [5.74, 6) is -0.0790. The van der Waals surface area contributed by atoms with Crippen molar-refractivity contribution in [3.63, 3.8) is 0 Å². The Kier molecular flexibility index (Phi) is 7.75. The van der Waals surface area contributed by atoms with Crippen LogP contribution in [0.4, 0.5) is 0 Å². The normalized spacial score (nSPS) is 15.2. The Balaban J connectivity index is 1.39. The number of nitrogens with zero attached hydrogens (tertiary/aromatic N) is 5. The quantitative estimate of drug-likeness (QED) is 0.621. The van der Waals surface area contributed by atoms with E-state index in [0.717, 1.165) is 57.8 Å². The molecular weight excluding hydrogens is 354 g/mol. The summed E-state index contributed by atoms with van der Waals surface area (Å²) >= 11 is 0. The van der Waals surface area contributed by atoms with Crippen LogP contribution in [0.1, 0.15) is 28.9 Å². The van der Waals surface area contributed by atoms with Crippen LogP contribution in [0.25, 0.3) is 6.08 Å². The Labute approximate surface area is 166 Å². The molecule has 0 atom stereocenters. The summed E-state index contributed by atoms with van der Waals surface area (Å²) in [6.45, 7) is 6.05. The van der Waals surface area contributed by atoms with Crippen LogP contribution in [0.2, 0.25) is 0 Å². The number of morpholine rings is 1. The minimum atomic E-state index is -0.0790. The van der Waals surface area contributed by atoms with Gasteiger partial charge in [0.25, 0.3) is 5.91 Å². The van der Waals surface area contributed by atoms with Gasteiger partial charge in [-0.1, -0.05) is 47.7 Å². The Morgan fingerprint density at radius 2 is 2.00 bits per heavy atom. The molecule has 1 fully saturated rings. The molecule has 0 aliphatic carbocycles. The van der Waals surface area contributed by atoms with E-state index in [4.69, 9.17) is 4.74 Å². The fraction of sp³-hybridized carbons (Fsp3) is 0.476. The van der Waals surface area contributed by atoms with Crippen LogP contribution in [0, 0.1) is 0 Å². The van der Waals surface area contributed by atoms with E-state index >= 15 is 0 Å². The molecule has 7 nitrogen and oxygen atoms in total. The molecule has 7 heteroatoms. The molecule has 150 valence electrons. The second-order valence-corrected chi connectivity index (χ2v) is 7.03. The molecule has 0 saturated carbocycles. The van der Waals surface area contributed by atoms with Crippen LogP contribution < -0.4 is 0 Å². The third-order valence-corrected chi connectivity index (χ3v) is 4.83. The molecule has 1 aromatic heterocycles. The lowest BCUT2D eigenvalue weighted by atomic mass is 10.2. The first-order valence-electron chi connectivity index (χ1n) is 9.89. The zero-order chi connectivity index (χ0) is 19.6. The van der Waals surface area contributed by atoms with Crippen molar-refractivity contribution in [1.82, 2.24) is 24.8 Å². The standard InChI is InChI=1S/C21H29N5O2/c1-24(11-5-6-12-25-14-16-28-17-15-25)21(27)20-18-26(23-22-20)13-7-10-19-8-3-2-4-9-19/h2-4,7-10,18H,5-6,11-17H2,1H3. The highest BCUT2D eigenvalue weighted by Crippen LogP contribution is 2.05. The Bertz CT molecular complexity index is 753. The third kappa shape index (κ3) is 6.28. The maximum atomic E-state index is 12.5. The van der Waals surface area contributed by atoms with Crippen LogP contribution in [-0.4, -0.2) is 77.1 Å². The van der Waals surface area contributed by atoms with Crippen molar-refractivity contribution in [3.8, 4) is 0 Å². The minimum Gasteiger partial charge on any atom is -0.379 e. The van der Waals surface area contributed by atoms with Crippen molar-refractivity contribution >= 4 is 12.0 Å². The van der Waals surface area contributed by atoms with Gasteiger partial charge in [-0.3, -0.25) is 9.69 Å². The lowest BCUT2D eigenvalue weighted by Crippen LogP contribution is -2.37. The lowest BCUT2D eigenvalue weighted by molar-refractivity contribution is 0.0369. The smallest absolute Gasteiger partial charge is 0.275 e. The fourth-order valence-corrected chi connectivity index (χ4v) is 3.15. The zero-order valence-corrected chi connectivity index (χ0v) is 16.5. The number of ether oxygens (including phenoxy) is 1. The van der Waals surface area contributed by atoms with Gasteiger partial charge in [-0.2, -0.15) is 0 Å². The van der Waals surface area contributed by atoms with E-state index in [1.165, 1.54) is 0 Å². The lowest BCUT2D eigenvalue weighted by Gasteiger charge is -2.26. The van der Waals surface area contributed by atoms with E-state index in [2.05, 4.69) is 15.2 Å². The van der Waals surface area contributed by atoms with E-state index in [9.17, 15) is 4.79 Å². The van der Waals surface area contributed by atoms with Crippen LogP contribution in [0.5, 0.6) is 0 Å². The van der Waals surface area contributed by atoms with Crippen molar-refractivity contribution in [3.05, 3.63) is 53.9 Å². The average molecular weight is 383 g/mol. The SMILES string of the molecule is CN(CCCCN1CCOCC1)C(=O)c1cn(CC=Cc2ccccc2)nn1. The molecule has 0 spiro atoms. The Morgan fingerprint density at radius 1 is 1.21 bits per heavy atom. The molecule has 2 heterocycles. The van der Waals surface area contributed by atoms with Gasteiger partial charge in [0.15, 0.2) is 5.69 Å². The van der Waals surface area contributed by atoms with Crippen molar-refractivity contribution in [2.75, 3.05) is 46.4 Å². The first-order chi connectivity index (χ1) is 13.7. The predicted octanol–water partition coefficient (Wildman–Crippen LogP) is 2.18. The molecule has 1 aliphatic rings. The van der Waals surface area contributed by atoms with Gasteiger partial charge in [-0.15, -0.1) is 5.10 Å². The summed E-state index contributed by atoms with van der Waals surface area (Å²) < 4.78 is 7.04. The number of amides is 1. The summed E-state index contributed by atoms with van der Waals surface area (Å²) in [7, 11) is 1.82. The van der Waals surface area contributed by atoms with Gasteiger partial charge in [0.2, 0.25) is 0 Å². The van der Waals surface area contributed by atoms with E-state index in [1.54, 1.807) is 15.8 Å². The number of hydrogen-bond acceptors (Lipinski definition) is 5. The molecule has 0 radical (unpaired) electrons. The van der Waals surface area contributed by atoms with Crippen molar-refractivity contribution in [2.24, 2.45) is 0 Å². The summed E-state index contributed by atoms with van der Waals surface area (Å²) in [5, 5.41) is 8.09. The van der Waals surface area contributed by atoms with Crippen LogP contribution in [0.3, 0.4) is 0 Å². The molecule has 3 rings (SSSR count). The summed E-state index contributed by atoms with van der Waals surface area (Å²) in [6.07, 6.45) is 7.81. The largest absolute Gasteiger partial charge is 0.379 e. The number of hydrogen-bond donors (Lipinski definition) is 0. The first kappa shape index (κ1) is 20.2. The second-order valence-electron chi connectivity index (χ2n) is 7.03. The fourth-order valence-electron chi connectivity index (χ4n) is 3.15. The van der Waals surface area contributed by atoms with Crippen LogP contribution in [0.15, 0.2) is 42.6 Å². The molecule has 0 bridgehead atoms. The number of carbonyl (C=O) groups is 1. The molecule has 1 saturated heterocycles. The predicted molar refractivity (Wildman–Crippen MR) is 109 cm³/mol.